The highest BCUT2D eigenvalue weighted by atomic mass is 16.7. The van der Waals surface area contributed by atoms with Crippen LogP contribution in [0.25, 0.3) is 0 Å². The summed E-state index contributed by atoms with van der Waals surface area (Å²) in [6, 6.07) is 0. The van der Waals surface area contributed by atoms with E-state index in [0.29, 0.717) is 0 Å². The van der Waals surface area contributed by atoms with E-state index in [2.05, 4.69) is 14.2 Å². The van der Waals surface area contributed by atoms with Crippen molar-refractivity contribution in [2.45, 2.75) is 92.1 Å². The smallest absolute Gasteiger partial charge is 0.184 e. The van der Waals surface area contributed by atoms with Crippen LogP contribution in [0.2, 0.25) is 0 Å². The molecule has 0 aromatic heterocycles. The molecule has 3 aliphatic heterocycles. The summed E-state index contributed by atoms with van der Waals surface area (Å²) >= 11 is 0. The molecule has 0 aliphatic carbocycles. The summed E-state index contributed by atoms with van der Waals surface area (Å²) in [6.45, 7) is -1.58. The zero-order valence-corrected chi connectivity index (χ0v) is 18.7. The molecule has 3 rings (SSSR count). The van der Waals surface area contributed by atoms with Gasteiger partial charge in [-0.15, -0.1) is 0 Å². The molecule has 0 aromatic carbocycles. The molecular formula is C18H36O18. The SMILES string of the molecule is OC[C@H]1OC(O)[C@@H](O)[C@@H](O)[C@@H]1O.OC[C@H]1O[C@@H](O)[C@@H](O)[C@@H](O)[C@@H]1O.OC[C@H]1O[C@H](O)[C@@H](O)[C@@H](O)[C@@H]1O. The van der Waals surface area contributed by atoms with Crippen LogP contribution in [0.3, 0.4) is 0 Å². The van der Waals surface area contributed by atoms with Crippen LogP contribution in [0, 0.1) is 0 Å². The summed E-state index contributed by atoms with van der Waals surface area (Å²) in [5.74, 6) is 0. The van der Waals surface area contributed by atoms with Crippen molar-refractivity contribution in [1.82, 2.24) is 0 Å². The van der Waals surface area contributed by atoms with Crippen LogP contribution in [0.1, 0.15) is 0 Å². The molecule has 18 nitrogen and oxygen atoms in total. The van der Waals surface area contributed by atoms with Crippen molar-refractivity contribution in [2.24, 2.45) is 0 Å². The first-order valence-electron chi connectivity index (χ1n) is 10.7. The van der Waals surface area contributed by atoms with E-state index in [0.717, 1.165) is 0 Å². The van der Waals surface area contributed by atoms with Gasteiger partial charge in [-0.3, -0.25) is 0 Å². The van der Waals surface area contributed by atoms with Crippen LogP contribution in [0.5, 0.6) is 0 Å². The summed E-state index contributed by atoms with van der Waals surface area (Å²) in [6.07, 6.45) is -21.1. The van der Waals surface area contributed by atoms with Gasteiger partial charge in [0.25, 0.3) is 0 Å². The molecule has 3 fully saturated rings. The first kappa shape index (κ1) is 33.3. The third kappa shape index (κ3) is 8.14. The lowest BCUT2D eigenvalue weighted by Gasteiger charge is -2.37. The van der Waals surface area contributed by atoms with Gasteiger partial charge in [0.15, 0.2) is 18.9 Å². The average molecular weight is 540 g/mol. The van der Waals surface area contributed by atoms with E-state index >= 15 is 0 Å². The minimum atomic E-state index is -1.57. The van der Waals surface area contributed by atoms with Gasteiger partial charge in [0, 0.05) is 0 Å². The van der Waals surface area contributed by atoms with E-state index in [1.807, 2.05) is 0 Å². The number of aliphatic hydroxyl groups excluding tert-OH is 15. The molecule has 1 unspecified atom stereocenters. The van der Waals surface area contributed by atoms with Crippen LogP contribution >= 0.6 is 0 Å². The Kier molecular flexibility index (Phi) is 13.9. The van der Waals surface area contributed by atoms with Gasteiger partial charge in [-0.25, -0.2) is 0 Å². The highest BCUT2D eigenvalue weighted by molar-refractivity contribution is 4.89. The molecule has 36 heavy (non-hydrogen) atoms. The fraction of sp³-hybridized carbons (Fsp3) is 1.00. The van der Waals surface area contributed by atoms with E-state index in [-0.39, 0.29) is 0 Å². The molecule has 15 atom stereocenters. The van der Waals surface area contributed by atoms with Crippen molar-refractivity contribution < 1.29 is 90.8 Å². The molecule has 3 aliphatic rings. The number of hydrogen-bond acceptors (Lipinski definition) is 18. The predicted octanol–water partition coefficient (Wildman–Crippen LogP) is -9.66. The van der Waals surface area contributed by atoms with Gasteiger partial charge in [-0.2, -0.15) is 0 Å². The van der Waals surface area contributed by atoms with Crippen molar-refractivity contribution in [3.8, 4) is 0 Å². The van der Waals surface area contributed by atoms with Gasteiger partial charge in [-0.05, 0) is 0 Å². The molecular weight excluding hydrogens is 504 g/mol. The lowest BCUT2D eigenvalue weighted by atomic mass is 10.00. The first-order valence-corrected chi connectivity index (χ1v) is 10.7. The largest absolute Gasteiger partial charge is 0.394 e. The van der Waals surface area contributed by atoms with Crippen molar-refractivity contribution in [3.05, 3.63) is 0 Å². The van der Waals surface area contributed by atoms with Crippen molar-refractivity contribution in [2.75, 3.05) is 19.8 Å². The van der Waals surface area contributed by atoms with E-state index in [4.69, 9.17) is 76.6 Å². The lowest BCUT2D eigenvalue weighted by Crippen LogP contribution is -2.58. The Bertz CT molecular complexity index is 519. The highest BCUT2D eigenvalue weighted by Crippen LogP contribution is 2.20. The zero-order valence-electron chi connectivity index (χ0n) is 18.7. The summed E-state index contributed by atoms with van der Waals surface area (Å²) in [5, 5.41) is 134. The molecule has 0 aromatic rings. The molecule has 0 radical (unpaired) electrons. The van der Waals surface area contributed by atoms with E-state index in [9.17, 15) is 0 Å². The molecule has 18 heteroatoms. The molecule has 3 saturated heterocycles. The molecule has 0 saturated carbocycles. The van der Waals surface area contributed by atoms with E-state index in [1.165, 1.54) is 0 Å². The summed E-state index contributed by atoms with van der Waals surface area (Å²) in [7, 11) is 0. The number of aliphatic hydroxyl groups is 15. The zero-order chi connectivity index (χ0) is 27.9. The third-order valence-electron chi connectivity index (χ3n) is 5.60. The Balaban J connectivity index is 0.000000270. The van der Waals surface area contributed by atoms with Crippen LogP contribution in [0.15, 0.2) is 0 Å². The maximum Gasteiger partial charge on any atom is 0.184 e. The van der Waals surface area contributed by atoms with Gasteiger partial charge in [0.1, 0.15) is 73.2 Å². The number of rotatable bonds is 3. The molecule has 216 valence electrons. The van der Waals surface area contributed by atoms with Gasteiger partial charge in [0.05, 0.1) is 19.8 Å². The minimum absolute atomic E-state index is 0.526. The third-order valence-corrected chi connectivity index (χ3v) is 5.60. The highest BCUT2D eigenvalue weighted by Gasteiger charge is 2.44. The van der Waals surface area contributed by atoms with Gasteiger partial charge in [-0.1, -0.05) is 0 Å². The Hall–Kier alpha value is -0.720. The quantitative estimate of drug-likeness (QED) is 0.158. The number of hydrogen-bond donors (Lipinski definition) is 15. The molecule has 0 bridgehead atoms. The van der Waals surface area contributed by atoms with Crippen LogP contribution < -0.4 is 0 Å². The summed E-state index contributed by atoms with van der Waals surface area (Å²) in [4.78, 5) is 0. The van der Waals surface area contributed by atoms with Gasteiger partial charge in [0.2, 0.25) is 0 Å². The molecule has 3 heterocycles. The van der Waals surface area contributed by atoms with Crippen molar-refractivity contribution in [3.63, 3.8) is 0 Å². The van der Waals surface area contributed by atoms with Crippen molar-refractivity contribution >= 4 is 0 Å². The maximum atomic E-state index is 9.12. The minimum Gasteiger partial charge on any atom is -0.394 e. The van der Waals surface area contributed by atoms with Crippen molar-refractivity contribution in [1.29, 1.82) is 0 Å². The summed E-state index contributed by atoms with van der Waals surface area (Å²) in [5.41, 5.74) is 0. The van der Waals surface area contributed by atoms with Crippen LogP contribution in [-0.4, -0.2) is 189 Å². The standard InChI is InChI=1S/3C6H12O6/c3*7-1-2-3(8)4(9)5(10)6(11)12-2/h3*2-11H,1H2/t2-,3-,4+,5+,6?;2-,3-,4+,5+,6+;2-,3-,4+,5+,6-/m111/s1. The van der Waals surface area contributed by atoms with Crippen LogP contribution in [0.4, 0.5) is 0 Å². The second-order valence-corrected chi connectivity index (χ2v) is 8.16. The fourth-order valence-electron chi connectivity index (χ4n) is 3.25. The predicted molar refractivity (Wildman–Crippen MR) is 108 cm³/mol. The van der Waals surface area contributed by atoms with Crippen LogP contribution in [-0.2, 0) is 14.2 Å². The Morgan fingerprint density at radius 2 is 0.500 bits per heavy atom. The van der Waals surface area contributed by atoms with E-state index < -0.39 is 112 Å². The lowest BCUT2D eigenvalue weighted by molar-refractivity contribution is -0.286. The monoisotopic (exact) mass is 540 g/mol. The molecule has 0 amide bonds. The number of ether oxygens (including phenoxy) is 3. The Morgan fingerprint density at radius 1 is 0.306 bits per heavy atom. The maximum absolute atomic E-state index is 9.12. The second-order valence-electron chi connectivity index (χ2n) is 8.16. The van der Waals surface area contributed by atoms with Gasteiger partial charge < -0.3 is 90.8 Å². The normalized spacial score (nSPS) is 49.2. The molecule has 0 spiro atoms. The first-order chi connectivity index (χ1) is 16.7. The Labute approximate surface area is 203 Å². The van der Waals surface area contributed by atoms with E-state index in [1.54, 1.807) is 0 Å². The van der Waals surface area contributed by atoms with Gasteiger partial charge >= 0.3 is 0 Å². The fourth-order valence-corrected chi connectivity index (χ4v) is 3.25. The second kappa shape index (κ2) is 15.0. The average Bonchev–Trinajstić information content (AvgIpc) is 2.87. The topological polar surface area (TPSA) is 331 Å². The Morgan fingerprint density at radius 3 is 0.667 bits per heavy atom. The summed E-state index contributed by atoms with van der Waals surface area (Å²) < 4.78 is 13.7. The molecule has 15 N–H and O–H groups in total.